The molecule has 0 aromatic heterocycles. The Morgan fingerprint density at radius 2 is 2.31 bits per heavy atom. The minimum Gasteiger partial charge on any atom is -0.375 e. The van der Waals surface area contributed by atoms with Crippen LogP contribution in [0.2, 0.25) is 0 Å². The number of amides is 1. The fraction of sp³-hybridized carbons (Fsp3) is 0.900. The van der Waals surface area contributed by atoms with Gasteiger partial charge < -0.3 is 10.1 Å². The summed E-state index contributed by atoms with van der Waals surface area (Å²) in [6.45, 7) is 2.43. The lowest BCUT2D eigenvalue weighted by Gasteiger charge is -2.27. The molecule has 0 spiro atoms. The molecule has 0 bridgehead atoms. The number of hydrogen-bond acceptors (Lipinski definition) is 2. The fourth-order valence-electron chi connectivity index (χ4n) is 1.97. The van der Waals surface area contributed by atoms with Gasteiger partial charge in [0, 0.05) is 13.2 Å². The zero-order valence-electron chi connectivity index (χ0n) is 8.51. The fourth-order valence-corrected chi connectivity index (χ4v) is 1.97. The maximum Gasteiger partial charge on any atom is 0.246 e. The molecule has 1 aliphatic carbocycles. The summed E-state index contributed by atoms with van der Waals surface area (Å²) in [5.74, 6) is 0.767. The first kappa shape index (κ1) is 10.5. The van der Waals surface area contributed by atoms with Crippen LogP contribution >= 0.6 is 0 Å². The summed E-state index contributed by atoms with van der Waals surface area (Å²) in [6, 6.07) is 0.381. The SMILES string of the molecule is COCC(=O)NC1CCCC(C)C1. The highest BCUT2D eigenvalue weighted by molar-refractivity contribution is 5.77. The van der Waals surface area contributed by atoms with Crippen LogP contribution in [0.25, 0.3) is 0 Å². The summed E-state index contributed by atoms with van der Waals surface area (Å²) < 4.78 is 4.76. The molecule has 0 radical (unpaired) electrons. The maximum atomic E-state index is 11.2. The Bertz CT molecular complexity index is 170. The molecule has 3 nitrogen and oxygen atoms in total. The Kier molecular flexibility index (Phi) is 4.22. The second-order valence-corrected chi connectivity index (χ2v) is 3.97. The third-order valence-corrected chi connectivity index (χ3v) is 2.58. The van der Waals surface area contributed by atoms with Gasteiger partial charge in [0.05, 0.1) is 0 Å². The van der Waals surface area contributed by atoms with E-state index in [0.29, 0.717) is 6.04 Å². The molecule has 1 rings (SSSR count). The summed E-state index contributed by atoms with van der Waals surface area (Å²) in [4.78, 5) is 11.2. The lowest BCUT2D eigenvalue weighted by atomic mass is 9.87. The van der Waals surface area contributed by atoms with E-state index in [4.69, 9.17) is 4.74 Å². The Morgan fingerprint density at radius 1 is 1.54 bits per heavy atom. The van der Waals surface area contributed by atoms with Crippen LogP contribution in [0, 0.1) is 5.92 Å². The average Bonchev–Trinajstić information content (AvgIpc) is 2.04. The van der Waals surface area contributed by atoms with E-state index in [1.54, 1.807) is 7.11 Å². The molecule has 3 heteroatoms. The standard InChI is InChI=1S/C10H19NO2/c1-8-4-3-5-9(6-8)11-10(12)7-13-2/h8-9H,3-7H2,1-2H3,(H,11,12). The molecule has 13 heavy (non-hydrogen) atoms. The van der Waals surface area contributed by atoms with Gasteiger partial charge in [-0.1, -0.05) is 19.8 Å². The van der Waals surface area contributed by atoms with Crippen LogP contribution in [0.3, 0.4) is 0 Å². The number of carbonyl (C=O) groups is 1. The van der Waals surface area contributed by atoms with Crippen molar-refractivity contribution in [3.05, 3.63) is 0 Å². The zero-order chi connectivity index (χ0) is 9.68. The predicted octanol–water partition coefficient (Wildman–Crippen LogP) is 1.33. The second kappa shape index (κ2) is 5.22. The molecule has 1 N–H and O–H groups in total. The highest BCUT2D eigenvalue weighted by Gasteiger charge is 2.19. The highest BCUT2D eigenvalue weighted by atomic mass is 16.5. The van der Waals surface area contributed by atoms with E-state index >= 15 is 0 Å². The number of carbonyl (C=O) groups excluding carboxylic acids is 1. The molecule has 2 atom stereocenters. The van der Waals surface area contributed by atoms with Gasteiger partial charge in [-0.3, -0.25) is 4.79 Å². The first-order valence-corrected chi connectivity index (χ1v) is 5.00. The number of rotatable bonds is 3. The van der Waals surface area contributed by atoms with Crippen molar-refractivity contribution in [3.63, 3.8) is 0 Å². The molecule has 1 fully saturated rings. The summed E-state index contributed by atoms with van der Waals surface area (Å²) in [5, 5.41) is 2.99. The third-order valence-electron chi connectivity index (χ3n) is 2.58. The van der Waals surface area contributed by atoms with Gasteiger partial charge in [0.15, 0.2) is 0 Å². The summed E-state index contributed by atoms with van der Waals surface area (Å²) in [7, 11) is 1.54. The van der Waals surface area contributed by atoms with E-state index in [1.165, 1.54) is 12.8 Å². The van der Waals surface area contributed by atoms with Crippen molar-refractivity contribution in [2.75, 3.05) is 13.7 Å². The van der Waals surface area contributed by atoms with Crippen LogP contribution < -0.4 is 5.32 Å². The van der Waals surface area contributed by atoms with Gasteiger partial charge in [-0.2, -0.15) is 0 Å². The molecule has 0 aliphatic heterocycles. The summed E-state index contributed by atoms with van der Waals surface area (Å²) in [6.07, 6.45) is 4.78. The van der Waals surface area contributed by atoms with Gasteiger partial charge >= 0.3 is 0 Å². The predicted molar refractivity (Wildman–Crippen MR) is 51.4 cm³/mol. The summed E-state index contributed by atoms with van der Waals surface area (Å²) >= 11 is 0. The van der Waals surface area contributed by atoms with Crippen LogP contribution in [0.5, 0.6) is 0 Å². The van der Waals surface area contributed by atoms with Gasteiger partial charge in [0.2, 0.25) is 5.91 Å². The van der Waals surface area contributed by atoms with Gasteiger partial charge in [-0.25, -0.2) is 0 Å². The van der Waals surface area contributed by atoms with Gasteiger partial charge in [0.1, 0.15) is 6.61 Å². The van der Waals surface area contributed by atoms with Gasteiger partial charge in [-0.05, 0) is 18.8 Å². The maximum absolute atomic E-state index is 11.2. The first-order valence-electron chi connectivity index (χ1n) is 5.00. The minimum absolute atomic E-state index is 0.0154. The van der Waals surface area contributed by atoms with Crippen LogP contribution in [0.1, 0.15) is 32.6 Å². The average molecular weight is 185 g/mol. The van der Waals surface area contributed by atoms with Crippen molar-refractivity contribution in [3.8, 4) is 0 Å². The Labute approximate surface area is 79.8 Å². The van der Waals surface area contributed by atoms with E-state index in [9.17, 15) is 4.79 Å². The van der Waals surface area contributed by atoms with Crippen LogP contribution in [-0.4, -0.2) is 25.7 Å². The third kappa shape index (κ3) is 3.77. The van der Waals surface area contributed by atoms with Gasteiger partial charge in [0.25, 0.3) is 0 Å². The van der Waals surface area contributed by atoms with Crippen LogP contribution in [0.4, 0.5) is 0 Å². The normalized spacial score (nSPS) is 28.5. The van der Waals surface area contributed by atoms with E-state index in [0.717, 1.165) is 18.8 Å². The zero-order valence-corrected chi connectivity index (χ0v) is 8.51. The lowest BCUT2D eigenvalue weighted by Crippen LogP contribution is -2.39. The molecule has 2 unspecified atom stereocenters. The van der Waals surface area contributed by atoms with E-state index < -0.39 is 0 Å². The minimum atomic E-state index is 0.0154. The van der Waals surface area contributed by atoms with Crippen molar-refractivity contribution in [1.82, 2.24) is 5.32 Å². The molecule has 1 amide bonds. The highest BCUT2D eigenvalue weighted by Crippen LogP contribution is 2.23. The summed E-state index contributed by atoms with van der Waals surface area (Å²) in [5.41, 5.74) is 0. The van der Waals surface area contributed by atoms with Crippen molar-refractivity contribution in [2.45, 2.75) is 38.6 Å². The van der Waals surface area contributed by atoms with Crippen LogP contribution in [-0.2, 0) is 9.53 Å². The smallest absolute Gasteiger partial charge is 0.246 e. The second-order valence-electron chi connectivity index (χ2n) is 3.97. The van der Waals surface area contributed by atoms with Crippen LogP contribution in [0.15, 0.2) is 0 Å². The number of hydrogen-bond donors (Lipinski definition) is 1. The van der Waals surface area contributed by atoms with E-state index in [-0.39, 0.29) is 12.5 Å². The molecular formula is C10H19NO2. The Balaban J connectivity index is 2.23. The molecular weight excluding hydrogens is 166 g/mol. The van der Waals surface area contributed by atoms with Crippen molar-refractivity contribution >= 4 is 5.91 Å². The topological polar surface area (TPSA) is 38.3 Å². The lowest BCUT2D eigenvalue weighted by molar-refractivity contribution is -0.125. The van der Waals surface area contributed by atoms with E-state index in [1.807, 2.05) is 0 Å². The molecule has 1 aliphatic rings. The number of nitrogens with one attached hydrogen (secondary N) is 1. The molecule has 0 heterocycles. The van der Waals surface area contributed by atoms with Crippen molar-refractivity contribution in [1.29, 1.82) is 0 Å². The van der Waals surface area contributed by atoms with Gasteiger partial charge in [-0.15, -0.1) is 0 Å². The molecule has 1 saturated carbocycles. The quantitative estimate of drug-likeness (QED) is 0.720. The van der Waals surface area contributed by atoms with Crippen molar-refractivity contribution in [2.24, 2.45) is 5.92 Å². The Morgan fingerprint density at radius 3 is 2.92 bits per heavy atom. The first-order chi connectivity index (χ1) is 6.22. The van der Waals surface area contributed by atoms with Crippen molar-refractivity contribution < 1.29 is 9.53 Å². The van der Waals surface area contributed by atoms with E-state index in [2.05, 4.69) is 12.2 Å². The largest absolute Gasteiger partial charge is 0.375 e. The number of ether oxygens (including phenoxy) is 1. The molecule has 0 aromatic carbocycles. The molecule has 0 saturated heterocycles. The Hall–Kier alpha value is -0.570. The number of methoxy groups -OCH3 is 1. The monoisotopic (exact) mass is 185 g/mol. The molecule has 76 valence electrons. The molecule has 0 aromatic rings.